The minimum atomic E-state index is 0.0795. The van der Waals surface area contributed by atoms with Crippen molar-refractivity contribution in [3.05, 3.63) is 40.0 Å². The van der Waals surface area contributed by atoms with Gasteiger partial charge in [-0.2, -0.15) is 0 Å². The van der Waals surface area contributed by atoms with Crippen LogP contribution < -0.4 is 5.56 Å². The van der Waals surface area contributed by atoms with Crippen LogP contribution in [0.4, 0.5) is 0 Å². The number of furan rings is 1. The Morgan fingerprint density at radius 3 is 2.72 bits per heavy atom. The van der Waals surface area contributed by atoms with Gasteiger partial charge in [0.2, 0.25) is 0 Å². The minimum absolute atomic E-state index is 0.0795. The minimum Gasteiger partial charge on any atom is -0.464 e. The fourth-order valence-corrected chi connectivity index (χ4v) is 4.57. The standard InChI is InChI=1S/C19H23N3O2S/c1-12(2)17-20-18-16(14(11-25-18)15-5-4-10-24-15)19(23)22(17)13-6-8-21(3)9-7-13/h4-5,10-13H,6-9H2,1-3H3. The van der Waals surface area contributed by atoms with Crippen LogP contribution in [0.2, 0.25) is 0 Å². The molecule has 0 N–H and O–H groups in total. The summed E-state index contributed by atoms with van der Waals surface area (Å²) in [5.74, 6) is 1.85. The van der Waals surface area contributed by atoms with Crippen molar-refractivity contribution in [2.75, 3.05) is 20.1 Å². The van der Waals surface area contributed by atoms with Crippen molar-refractivity contribution in [1.29, 1.82) is 0 Å². The van der Waals surface area contributed by atoms with Crippen molar-refractivity contribution in [3.8, 4) is 11.3 Å². The summed E-state index contributed by atoms with van der Waals surface area (Å²) in [4.78, 5) is 21.5. The molecule has 4 heterocycles. The smallest absolute Gasteiger partial charge is 0.263 e. The molecular formula is C19H23N3O2S. The first-order valence-corrected chi connectivity index (χ1v) is 9.70. The third-order valence-corrected chi connectivity index (χ3v) is 5.90. The molecule has 1 aliphatic rings. The van der Waals surface area contributed by atoms with E-state index in [9.17, 15) is 4.79 Å². The highest BCUT2D eigenvalue weighted by Gasteiger charge is 2.26. The van der Waals surface area contributed by atoms with Crippen LogP contribution in [0.5, 0.6) is 0 Å². The quantitative estimate of drug-likeness (QED) is 0.708. The summed E-state index contributed by atoms with van der Waals surface area (Å²) in [5, 5.41) is 2.68. The van der Waals surface area contributed by atoms with Crippen LogP contribution in [0, 0.1) is 0 Å². The molecule has 3 aromatic rings. The van der Waals surface area contributed by atoms with Gasteiger partial charge in [-0.1, -0.05) is 13.8 Å². The second kappa shape index (κ2) is 6.42. The van der Waals surface area contributed by atoms with Crippen LogP contribution in [0.1, 0.15) is 44.5 Å². The molecule has 0 radical (unpaired) electrons. The molecule has 132 valence electrons. The van der Waals surface area contributed by atoms with Gasteiger partial charge in [0, 0.05) is 22.9 Å². The normalized spacial score (nSPS) is 17.0. The number of aromatic nitrogens is 2. The van der Waals surface area contributed by atoms with E-state index in [-0.39, 0.29) is 17.5 Å². The zero-order valence-corrected chi connectivity index (χ0v) is 15.7. The zero-order valence-electron chi connectivity index (χ0n) is 14.9. The van der Waals surface area contributed by atoms with Gasteiger partial charge in [-0.15, -0.1) is 11.3 Å². The predicted octanol–water partition coefficient (Wildman–Crippen LogP) is 4.11. The van der Waals surface area contributed by atoms with Gasteiger partial charge in [0.1, 0.15) is 16.4 Å². The third-order valence-electron chi connectivity index (χ3n) is 5.02. The molecule has 0 amide bonds. The molecule has 25 heavy (non-hydrogen) atoms. The van der Waals surface area contributed by atoms with E-state index in [1.165, 1.54) is 11.3 Å². The van der Waals surface area contributed by atoms with E-state index in [1.807, 2.05) is 22.1 Å². The summed E-state index contributed by atoms with van der Waals surface area (Å²) in [5.41, 5.74) is 0.940. The lowest BCUT2D eigenvalue weighted by atomic mass is 10.0. The number of hydrogen-bond donors (Lipinski definition) is 0. The molecule has 0 bridgehead atoms. The van der Waals surface area contributed by atoms with Crippen LogP contribution in [-0.4, -0.2) is 34.6 Å². The zero-order chi connectivity index (χ0) is 17.6. The summed E-state index contributed by atoms with van der Waals surface area (Å²) >= 11 is 1.52. The van der Waals surface area contributed by atoms with Gasteiger partial charge in [0.25, 0.3) is 5.56 Å². The maximum atomic E-state index is 13.5. The Morgan fingerprint density at radius 2 is 2.08 bits per heavy atom. The second-order valence-electron chi connectivity index (χ2n) is 7.14. The molecule has 0 spiro atoms. The molecule has 1 aliphatic heterocycles. The van der Waals surface area contributed by atoms with Gasteiger partial charge in [-0.05, 0) is 45.1 Å². The maximum absolute atomic E-state index is 13.5. The molecule has 1 saturated heterocycles. The molecule has 0 saturated carbocycles. The van der Waals surface area contributed by atoms with Crippen LogP contribution in [0.15, 0.2) is 33.0 Å². The topological polar surface area (TPSA) is 51.3 Å². The van der Waals surface area contributed by atoms with E-state index < -0.39 is 0 Å². The van der Waals surface area contributed by atoms with Crippen LogP contribution >= 0.6 is 11.3 Å². The second-order valence-corrected chi connectivity index (χ2v) is 8.00. The maximum Gasteiger partial charge on any atom is 0.263 e. The van der Waals surface area contributed by atoms with E-state index in [4.69, 9.17) is 9.40 Å². The van der Waals surface area contributed by atoms with Crippen molar-refractivity contribution in [2.45, 2.75) is 38.6 Å². The summed E-state index contributed by atoms with van der Waals surface area (Å²) in [6.07, 6.45) is 3.62. The highest BCUT2D eigenvalue weighted by atomic mass is 32.1. The molecule has 4 rings (SSSR count). The molecule has 0 aliphatic carbocycles. The number of thiophene rings is 1. The number of rotatable bonds is 3. The number of hydrogen-bond acceptors (Lipinski definition) is 5. The fraction of sp³-hybridized carbons (Fsp3) is 0.474. The lowest BCUT2D eigenvalue weighted by Gasteiger charge is -2.32. The van der Waals surface area contributed by atoms with Crippen molar-refractivity contribution < 1.29 is 4.42 Å². The van der Waals surface area contributed by atoms with Crippen LogP contribution in [0.3, 0.4) is 0 Å². The lowest BCUT2D eigenvalue weighted by Crippen LogP contribution is -2.37. The Bertz CT molecular complexity index is 932. The molecular weight excluding hydrogens is 334 g/mol. The van der Waals surface area contributed by atoms with Crippen molar-refractivity contribution in [1.82, 2.24) is 14.5 Å². The van der Waals surface area contributed by atoms with Gasteiger partial charge < -0.3 is 9.32 Å². The van der Waals surface area contributed by atoms with E-state index in [0.29, 0.717) is 5.39 Å². The Labute approximate surface area is 150 Å². The molecule has 0 atom stereocenters. The Morgan fingerprint density at radius 1 is 1.32 bits per heavy atom. The Kier molecular flexibility index (Phi) is 4.25. The first-order valence-electron chi connectivity index (χ1n) is 8.82. The van der Waals surface area contributed by atoms with E-state index in [0.717, 1.165) is 47.9 Å². The number of fused-ring (bicyclic) bond motifs is 1. The summed E-state index contributed by atoms with van der Waals surface area (Å²) in [7, 11) is 2.14. The molecule has 1 fully saturated rings. The van der Waals surface area contributed by atoms with Gasteiger partial charge in [0.15, 0.2) is 0 Å². The Balaban J connectivity index is 1.93. The average molecular weight is 357 g/mol. The van der Waals surface area contributed by atoms with Crippen molar-refractivity contribution >= 4 is 21.6 Å². The number of likely N-dealkylation sites (tertiary alicyclic amines) is 1. The van der Waals surface area contributed by atoms with Crippen LogP contribution in [0.25, 0.3) is 21.5 Å². The van der Waals surface area contributed by atoms with Gasteiger partial charge in [-0.25, -0.2) is 4.98 Å². The number of nitrogens with zero attached hydrogens (tertiary/aromatic N) is 3. The van der Waals surface area contributed by atoms with Gasteiger partial charge in [-0.3, -0.25) is 9.36 Å². The van der Waals surface area contributed by atoms with Crippen molar-refractivity contribution in [2.24, 2.45) is 0 Å². The highest BCUT2D eigenvalue weighted by molar-refractivity contribution is 7.17. The Hall–Kier alpha value is -1.92. The molecule has 0 aromatic carbocycles. The molecule has 0 unspecified atom stereocenters. The van der Waals surface area contributed by atoms with Gasteiger partial charge >= 0.3 is 0 Å². The first kappa shape index (κ1) is 16.5. The average Bonchev–Trinajstić information content (AvgIpc) is 3.24. The lowest BCUT2D eigenvalue weighted by molar-refractivity contribution is 0.215. The van der Waals surface area contributed by atoms with E-state index >= 15 is 0 Å². The molecule has 3 aromatic heterocycles. The molecule has 5 nitrogen and oxygen atoms in total. The summed E-state index contributed by atoms with van der Waals surface area (Å²) in [6.45, 7) is 6.25. The summed E-state index contributed by atoms with van der Waals surface area (Å²) in [6, 6.07) is 3.98. The van der Waals surface area contributed by atoms with Crippen molar-refractivity contribution in [3.63, 3.8) is 0 Å². The predicted molar refractivity (Wildman–Crippen MR) is 101 cm³/mol. The van der Waals surface area contributed by atoms with Gasteiger partial charge in [0.05, 0.1) is 11.6 Å². The monoisotopic (exact) mass is 357 g/mol. The highest BCUT2D eigenvalue weighted by Crippen LogP contribution is 2.33. The van der Waals surface area contributed by atoms with E-state index in [1.54, 1.807) is 6.26 Å². The van der Waals surface area contributed by atoms with Crippen LogP contribution in [-0.2, 0) is 0 Å². The van der Waals surface area contributed by atoms with E-state index in [2.05, 4.69) is 25.8 Å². The third kappa shape index (κ3) is 2.83. The SMILES string of the molecule is CC(C)c1nc2scc(-c3ccco3)c2c(=O)n1C1CCN(C)CC1. The largest absolute Gasteiger partial charge is 0.464 e. The first-order chi connectivity index (χ1) is 12.1. The summed E-state index contributed by atoms with van der Waals surface area (Å²) < 4.78 is 7.51. The number of piperidine rings is 1. The fourth-order valence-electron chi connectivity index (χ4n) is 3.65. The molecule has 6 heteroatoms.